The zero-order valence-electron chi connectivity index (χ0n) is 18.8. The van der Waals surface area contributed by atoms with Gasteiger partial charge in [0, 0.05) is 44.9 Å². The van der Waals surface area contributed by atoms with E-state index < -0.39 is 17.1 Å². The Morgan fingerprint density at radius 1 is 1.17 bits per heavy atom. The van der Waals surface area contributed by atoms with E-state index in [0.29, 0.717) is 25.9 Å². The van der Waals surface area contributed by atoms with Gasteiger partial charge in [-0.25, -0.2) is 9.59 Å². The minimum Gasteiger partial charge on any atom is -0.465 e. The van der Waals surface area contributed by atoms with Gasteiger partial charge in [0.1, 0.15) is 5.60 Å². The molecule has 1 fully saturated rings. The van der Waals surface area contributed by atoms with Gasteiger partial charge in [-0.1, -0.05) is 0 Å². The first-order chi connectivity index (χ1) is 13.8. The fourth-order valence-electron chi connectivity index (χ4n) is 3.40. The van der Waals surface area contributed by atoms with Crippen LogP contribution >= 0.6 is 0 Å². The molecule has 0 N–H and O–H groups in total. The summed E-state index contributed by atoms with van der Waals surface area (Å²) in [6.45, 7) is 9.53. The summed E-state index contributed by atoms with van der Waals surface area (Å²) in [7, 11) is 2.74. The quantitative estimate of drug-likeness (QED) is 0.695. The molecule has 9 heteroatoms. The predicted octanol–water partition coefficient (Wildman–Crippen LogP) is 2.36. The van der Waals surface area contributed by atoms with Crippen LogP contribution in [0.15, 0.2) is 17.1 Å². The van der Waals surface area contributed by atoms with Gasteiger partial charge in [-0.3, -0.25) is 9.59 Å². The van der Waals surface area contributed by atoms with Crippen molar-refractivity contribution in [3.8, 4) is 0 Å². The van der Waals surface area contributed by atoms with Crippen LogP contribution in [0.2, 0.25) is 0 Å². The third-order valence-corrected chi connectivity index (χ3v) is 5.34. The number of aromatic nitrogens is 1. The molecule has 0 saturated carbocycles. The van der Waals surface area contributed by atoms with Crippen molar-refractivity contribution in [1.29, 1.82) is 0 Å². The number of anilines is 1. The Hall–Kier alpha value is -2.84. The Kier molecular flexibility index (Phi) is 6.63. The molecule has 0 aliphatic carbocycles. The van der Waals surface area contributed by atoms with E-state index in [9.17, 15) is 19.2 Å². The largest absolute Gasteiger partial charge is 0.465 e. The number of hydrogen-bond donors (Lipinski definition) is 0. The standard InChI is InChI=1S/C21H31N3O6/c1-14(25)22(6)16-12-17(26)24(13-15(16)18(27)29-7)21(5)8-10-23(11-9-21)19(28)30-20(2,3)4/h12-13H,8-11H2,1-7H3. The highest BCUT2D eigenvalue weighted by Crippen LogP contribution is 2.31. The first-order valence-electron chi connectivity index (χ1n) is 9.87. The van der Waals surface area contributed by atoms with Gasteiger partial charge in [-0.05, 0) is 40.5 Å². The molecule has 30 heavy (non-hydrogen) atoms. The van der Waals surface area contributed by atoms with E-state index in [-0.39, 0.29) is 28.8 Å². The van der Waals surface area contributed by atoms with E-state index in [4.69, 9.17) is 9.47 Å². The van der Waals surface area contributed by atoms with E-state index in [0.717, 1.165) is 0 Å². The third-order valence-electron chi connectivity index (χ3n) is 5.34. The van der Waals surface area contributed by atoms with Gasteiger partial charge in [0.2, 0.25) is 5.91 Å². The van der Waals surface area contributed by atoms with Crippen molar-refractivity contribution < 1.29 is 23.9 Å². The van der Waals surface area contributed by atoms with E-state index in [1.54, 1.807) is 4.90 Å². The minimum absolute atomic E-state index is 0.130. The van der Waals surface area contributed by atoms with Crippen LogP contribution in [-0.2, 0) is 19.8 Å². The molecule has 0 unspecified atom stereocenters. The highest BCUT2D eigenvalue weighted by Gasteiger charge is 2.36. The van der Waals surface area contributed by atoms with Crippen LogP contribution in [0.3, 0.4) is 0 Å². The number of amides is 2. The van der Waals surface area contributed by atoms with E-state index >= 15 is 0 Å². The molecule has 0 radical (unpaired) electrons. The van der Waals surface area contributed by atoms with Crippen molar-refractivity contribution in [2.75, 3.05) is 32.1 Å². The molecule has 9 nitrogen and oxygen atoms in total. The lowest BCUT2D eigenvalue weighted by molar-refractivity contribution is -0.116. The summed E-state index contributed by atoms with van der Waals surface area (Å²) in [5.74, 6) is -0.948. The molecule has 0 bridgehead atoms. The molecule has 0 spiro atoms. The van der Waals surface area contributed by atoms with Crippen LogP contribution < -0.4 is 10.5 Å². The van der Waals surface area contributed by atoms with Gasteiger partial charge in [0.05, 0.1) is 18.4 Å². The fourth-order valence-corrected chi connectivity index (χ4v) is 3.40. The van der Waals surface area contributed by atoms with Crippen molar-refractivity contribution in [2.45, 2.75) is 58.6 Å². The lowest BCUT2D eigenvalue weighted by Crippen LogP contribution is -2.50. The zero-order chi connectivity index (χ0) is 22.9. The SMILES string of the molecule is COC(=O)c1cn(C2(C)CCN(C(=O)OC(C)(C)C)CC2)c(=O)cc1N(C)C(C)=O. The third kappa shape index (κ3) is 5.01. The lowest BCUT2D eigenvalue weighted by Gasteiger charge is -2.41. The maximum atomic E-state index is 12.9. The number of pyridine rings is 1. The second-order valence-corrected chi connectivity index (χ2v) is 8.81. The number of methoxy groups -OCH3 is 1. The van der Waals surface area contributed by atoms with Crippen LogP contribution in [0.25, 0.3) is 0 Å². The number of carbonyl (C=O) groups is 3. The Morgan fingerprint density at radius 3 is 2.20 bits per heavy atom. The van der Waals surface area contributed by atoms with E-state index in [1.165, 1.54) is 42.8 Å². The van der Waals surface area contributed by atoms with Gasteiger partial charge in [0.25, 0.3) is 5.56 Å². The number of hydrogen-bond acceptors (Lipinski definition) is 6. The molecule has 0 atom stereocenters. The zero-order valence-corrected chi connectivity index (χ0v) is 18.8. The van der Waals surface area contributed by atoms with E-state index in [2.05, 4.69) is 0 Å². The van der Waals surface area contributed by atoms with Crippen molar-refractivity contribution in [3.05, 3.63) is 28.2 Å². The molecule has 2 amide bonds. The minimum atomic E-state index is -0.637. The average molecular weight is 421 g/mol. The Balaban J connectivity index is 2.35. The van der Waals surface area contributed by atoms with Crippen molar-refractivity contribution in [1.82, 2.24) is 9.47 Å². The Labute approximate surface area is 176 Å². The van der Waals surface area contributed by atoms with Crippen molar-refractivity contribution in [2.24, 2.45) is 0 Å². The molecule has 2 heterocycles. The summed E-state index contributed by atoms with van der Waals surface area (Å²) in [5, 5.41) is 0. The number of esters is 1. The normalized spacial score (nSPS) is 16.0. The number of likely N-dealkylation sites (tertiary alicyclic amines) is 1. The molecular formula is C21H31N3O6. The molecule has 1 aliphatic heterocycles. The van der Waals surface area contributed by atoms with Gasteiger partial charge in [-0.15, -0.1) is 0 Å². The predicted molar refractivity (Wildman–Crippen MR) is 112 cm³/mol. The summed E-state index contributed by atoms with van der Waals surface area (Å²) in [5.41, 5.74) is -1.19. The number of piperidine rings is 1. The number of rotatable bonds is 3. The van der Waals surface area contributed by atoms with Crippen LogP contribution in [0.1, 0.15) is 57.8 Å². The molecule has 1 aromatic heterocycles. The van der Waals surface area contributed by atoms with Gasteiger partial charge < -0.3 is 23.8 Å². The summed E-state index contributed by atoms with van der Waals surface area (Å²) < 4.78 is 11.8. The molecule has 2 rings (SSSR count). The summed E-state index contributed by atoms with van der Waals surface area (Å²) >= 11 is 0. The average Bonchev–Trinajstić information content (AvgIpc) is 2.65. The number of ether oxygens (including phenoxy) is 2. The van der Waals surface area contributed by atoms with Crippen LogP contribution in [0, 0.1) is 0 Å². The molecular weight excluding hydrogens is 390 g/mol. The number of nitrogens with zero attached hydrogens (tertiary/aromatic N) is 3. The highest BCUT2D eigenvalue weighted by atomic mass is 16.6. The fraction of sp³-hybridized carbons (Fsp3) is 0.619. The number of carbonyl (C=O) groups excluding carboxylic acids is 3. The second-order valence-electron chi connectivity index (χ2n) is 8.81. The molecule has 1 aliphatic rings. The summed E-state index contributed by atoms with van der Waals surface area (Å²) in [4.78, 5) is 52.2. The maximum Gasteiger partial charge on any atom is 0.410 e. The molecule has 0 aromatic carbocycles. The highest BCUT2D eigenvalue weighted by molar-refractivity contribution is 6.01. The Bertz CT molecular complexity index is 891. The molecule has 1 saturated heterocycles. The van der Waals surface area contributed by atoms with Crippen molar-refractivity contribution in [3.63, 3.8) is 0 Å². The lowest BCUT2D eigenvalue weighted by atomic mass is 9.89. The maximum absolute atomic E-state index is 12.9. The van der Waals surface area contributed by atoms with Gasteiger partial charge in [-0.2, -0.15) is 0 Å². The van der Waals surface area contributed by atoms with E-state index in [1.807, 2.05) is 27.7 Å². The van der Waals surface area contributed by atoms with Crippen LogP contribution in [0.4, 0.5) is 10.5 Å². The monoisotopic (exact) mass is 421 g/mol. The second kappa shape index (κ2) is 8.49. The first-order valence-corrected chi connectivity index (χ1v) is 9.87. The Morgan fingerprint density at radius 2 is 1.73 bits per heavy atom. The van der Waals surface area contributed by atoms with Crippen LogP contribution in [0.5, 0.6) is 0 Å². The molecule has 166 valence electrons. The summed E-state index contributed by atoms with van der Waals surface area (Å²) in [6, 6.07) is 1.28. The molecule has 1 aromatic rings. The smallest absolute Gasteiger partial charge is 0.410 e. The summed E-state index contributed by atoms with van der Waals surface area (Å²) in [6.07, 6.45) is 2.08. The van der Waals surface area contributed by atoms with Crippen LogP contribution in [-0.4, -0.2) is 60.3 Å². The first kappa shape index (κ1) is 23.4. The van der Waals surface area contributed by atoms with Gasteiger partial charge in [0.15, 0.2) is 0 Å². The van der Waals surface area contributed by atoms with Crippen molar-refractivity contribution >= 4 is 23.7 Å². The van der Waals surface area contributed by atoms with Gasteiger partial charge >= 0.3 is 12.1 Å². The topological polar surface area (TPSA) is 98.2 Å².